The Morgan fingerprint density at radius 3 is 2.68 bits per heavy atom. The van der Waals surface area contributed by atoms with Crippen molar-refractivity contribution < 1.29 is 18.7 Å². The molecular weight excluding hydrogens is 322 g/mol. The monoisotopic (exact) mass is 343 g/mol. The first kappa shape index (κ1) is 16.1. The molecule has 7 heteroatoms. The third-order valence-corrected chi connectivity index (χ3v) is 5.05. The number of nitrogens with zero attached hydrogens (tertiary/aromatic N) is 2. The van der Waals surface area contributed by atoms with E-state index in [9.17, 15) is 9.59 Å². The van der Waals surface area contributed by atoms with Gasteiger partial charge in [0.05, 0.1) is 19.7 Å². The van der Waals surface area contributed by atoms with E-state index < -0.39 is 0 Å². The molecule has 25 heavy (non-hydrogen) atoms. The van der Waals surface area contributed by atoms with Crippen LogP contribution in [0, 0.1) is 0 Å². The summed E-state index contributed by atoms with van der Waals surface area (Å²) in [7, 11) is 3.53. The molecule has 2 aliphatic heterocycles. The van der Waals surface area contributed by atoms with Crippen LogP contribution in [0.2, 0.25) is 0 Å². The molecule has 2 aliphatic rings. The second-order valence-electron chi connectivity index (χ2n) is 6.85. The third-order valence-electron chi connectivity index (χ3n) is 5.05. The minimum atomic E-state index is -0.388. The lowest BCUT2D eigenvalue weighted by Gasteiger charge is -2.54. The molecule has 2 amide bonds. The zero-order chi connectivity index (χ0) is 17.6. The molecule has 1 unspecified atom stereocenters. The summed E-state index contributed by atoms with van der Waals surface area (Å²) in [6, 6.07) is 9.06. The molecule has 1 aromatic heterocycles. The standard InChI is InChI=1S/C18H21N3O4/c1-19-16(22)13-8-24-18(9-20(13)2)10-21(11-18)17(23)15-7-12-5-3-4-6-14(12)25-15/h3-7,13H,8-11H2,1-2H3,(H,19,22). The number of hydrogen-bond donors (Lipinski definition) is 1. The van der Waals surface area contributed by atoms with Gasteiger partial charge in [-0.2, -0.15) is 0 Å². The van der Waals surface area contributed by atoms with Gasteiger partial charge in [-0.25, -0.2) is 0 Å². The molecule has 0 bridgehead atoms. The molecule has 2 saturated heterocycles. The first-order valence-corrected chi connectivity index (χ1v) is 8.35. The maximum absolute atomic E-state index is 12.6. The Bertz CT molecular complexity index is 792. The van der Waals surface area contributed by atoms with Gasteiger partial charge in [0.1, 0.15) is 17.2 Å². The second kappa shape index (κ2) is 5.86. The van der Waals surface area contributed by atoms with Gasteiger partial charge in [0.15, 0.2) is 5.76 Å². The smallest absolute Gasteiger partial charge is 0.289 e. The zero-order valence-corrected chi connectivity index (χ0v) is 14.3. The van der Waals surface area contributed by atoms with Gasteiger partial charge < -0.3 is 19.4 Å². The van der Waals surface area contributed by atoms with E-state index >= 15 is 0 Å². The van der Waals surface area contributed by atoms with E-state index in [1.165, 1.54) is 0 Å². The van der Waals surface area contributed by atoms with E-state index in [1.807, 2.05) is 36.2 Å². The average molecular weight is 343 g/mol. The SMILES string of the molecule is CNC(=O)C1COC2(CN(C(=O)c3cc4ccccc4o3)C2)CN1C. The quantitative estimate of drug-likeness (QED) is 0.869. The molecule has 7 nitrogen and oxygen atoms in total. The van der Waals surface area contributed by atoms with Gasteiger partial charge in [0.2, 0.25) is 5.91 Å². The van der Waals surface area contributed by atoms with Gasteiger partial charge in [-0.1, -0.05) is 18.2 Å². The molecule has 1 aromatic carbocycles. The first-order valence-electron chi connectivity index (χ1n) is 8.35. The van der Waals surface area contributed by atoms with E-state index in [2.05, 4.69) is 5.32 Å². The molecule has 0 saturated carbocycles. The van der Waals surface area contributed by atoms with Crippen LogP contribution in [-0.4, -0.2) is 73.6 Å². The average Bonchev–Trinajstić information content (AvgIpc) is 3.02. The highest BCUT2D eigenvalue weighted by atomic mass is 16.5. The van der Waals surface area contributed by atoms with Gasteiger partial charge in [-0.15, -0.1) is 0 Å². The largest absolute Gasteiger partial charge is 0.451 e. The summed E-state index contributed by atoms with van der Waals surface area (Å²) in [6.07, 6.45) is 0. The lowest BCUT2D eigenvalue weighted by atomic mass is 9.90. The Labute approximate surface area is 145 Å². The van der Waals surface area contributed by atoms with E-state index in [-0.39, 0.29) is 23.5 Å². The predicted molar refractivity (Wildman–Crippen MR) is 91.3 cm³/mol. The Morgan fingerprint density at radius 1 is 1.24 bits per heavy atom. The number of rotatable bonds is 2. The van der Waals surface area contributed by atoms with Crippen LogP contribution < -0.4 is 5.32 Å². The van der Waals surface area contributed by atoms with Crippen LogP contribution in [0.4, 0.5) is 0 Å². The van der Waals surface area contributed by atoms with E-state index in [0.717, 1.165) is 5.39 Å². The maximum Gasteiger partial charge on any atom is 0.289 e. The van der Waals surface area contributed by atoms with Crippen molar-refractivity contribution in [1.82, 2.24) is 15.1 Å². The molecule has 1 spiro atoms. The Morgan fingerprint density at radius 2 is 2.00 bits per heavy atom. The Balaban J connectivity index is 1.41. The minimum Gasteiger partial charge on any atom is -0.451 e. The van der Waals surface area contributed by atoms with Gasteiger partial charge in [-0.05, 0) is 19.2 Å². The Hall–Kier alpha value is -2.38. The van der Waals surface area contributed by atoms with Crippen molar-refractivity contribution in [3.63, 3.8) is 0 Å². The summed E-state index contributed by atoms with van der Waals surface area (Å²) in [5, 5.41) is 3.57. The molecule has 4 rings (SSSR count). The number of fused-ring (bicyclic) bond motifs is 1. The topological polar surface area (TPSA) is 75.0 Å². The van der Waals surface area contributed by atoms with Crippen LogP contribution in [0.25, 0.3) is 11.0 Å². The highest BCUT2D eigenvalue weighted by Gasteiger charge is 2.51. The summed E-state index contributed by atoms with van der Waals surface area (Å²) in [4.78, 5) is 28.2. The number of amides is 2. The van der Waals surface area contributed by atoms with Gasteiger partial charge in [-0.3, -0.25) is 14.5 Å². The fraction of sp³-hybridized carbons (Fsp3) is 0.444. The molecule has 0 radical (unpaired) electrons. The molecule has 2 fully saturated rings. The maximum atomic E-state index is 12.6. The summed E-state index contributed by atoms with van der Waals surface area (Å²) < 4.78 is 11.6. The van der Waals surface area contributed by atoms with Crippen molar-refractivity contribution in [2.45, 2.75) is 11.6 Å². The van der Waals surface area contributed by atoms with Crippen LogP contribution in [0.15, 0.2) is 34.7 Å². The number of carbonyl (C=O) groups excluding carboxylic acids is 2. The van der Waals surface area contributed by atoms with Crippen LogP contribution in [-0.2, 0) is 9.53 Å². The number of para-hydroxylation sites is 1. The zero-order valence-electron chi connectivity index (χ0n) is 14.3. The van der Waals surface area contributed by atoms with Crippen LogP contribution in [0.1, 0.15) is 10.6 Å². The predicted octanol–water partition coefficient (Wildman–Crippen LogP) is 0.704. The highest BCUT2D eigenvalue weighted by molar-refractivity contribution is 5.96. The first-order chi connectivity index (χ1) is 12.0. The summed E-state index contributed by atoms with van der Waals surface area (Å²) in [5.41, 5.74) is 0.323. The summed E-state index contributed by atoms with van der Waals surface area (Å²) in [5.74, 6) is 0.178. The number of nitrogens with one attached hydrogen (secondary N) is 1. The number of furan rings is 1. The second-order valence-corrected chi connectivity index (χ2v) is 6.85. The molecule has 132 valence electrons. The summed E-state index contributed by atoms with van der Waals surface area (Å²) in [6.45, 7) is 1.97. The third kappa shape index (κ3) is 2.69. The molecule has 2 aromatic rings. The van der Waals surface area contributed by atoms with Crippen molar-refractivity contribution in [1.29, 1.82) is 0 Å². The normalized spacial score (nSPS) is 22.8. The van der Waals surface area contributed by atoms with Crippen molar-refractivity contribution in [3.05, 3.63) is 36.1 Å². The fourth-order valence-electron chi connectivity index (χ4n) is 3.66. The molecule has 3 heterocycles. The van der Waals surface area contributed by atoms with Crippen molar-refractivity contribution >= 4 is 22.8 Å². The van der Waals surface area contributed by atoms with Crippen LogP contribution >= 0.6 is 0 Å². The minimum absolute atomic E-state index is 0.0492. The molecule has 1 atom stereocenters. The molecule has 0 aliphatic carbocycles. The number of likely N-dealkylation sites (N-methyl/N-ethyl adjacent to an activating group) is 2. The van der Waals surface area contributed by atoms with Crippen molar-refractivity contribution in [2.24, 2.45) is 0 Å². The number of morpholine rings is 1. The number of carbonyl (C=O) groups is 2. The number of benzene rings is 1. The number of ether oxygens (including phenoxy) is 1. The lowest BCUT2D eigenvalue weighted by molar-refractivity contribution is -0.187. The van der Waals surface area contributed by atoms with E-state index in [4.69, 9.17) is 9.15 Å². The van der Waals surface area contributed by atoms with Crippen LogP contribution in [0.5, 0.6) is 0 Å². The van der Waals surface area contributed by atoms with Crippen LogP contribution in [0.3, 0.4) is 0 Å². The van der Waals surface area contributed by atoms with Crippen molar-refractivity contribution in [3.8, 4) is 0 Å². The molecular formula is C18H21N3O4. The van der Waals surface area contributed by atoms with E-state index in [0.29, 0.717) is 37.6 Å². The highest BCUT2D eigenvalue weighted by Crippen LogP contribution is 2.32. The van der Waals surface area contributed by atoms with E-state index in [1.54, 1.807) is 18.0 Å². The number of hydrogen-bond acceptors (Lipinski definition) is 5. The Kier molecular flexibility index (Phi) is 3.77. The fourth-order valence-corrected chi connectivity index (χ4v) is 3.66. The van der Waals surface area contributed by atoms with Gasteiger partial charge in [0, 0.05) is 19.0 Å². The van der Waals surface area contributed by atoms with Crippen molar-refractivity contribution in [2.75, 3.05) is 40.3 Å². The van der Waals surface area contributed by atoms with Gasteiger partial charge >= 0.3 is 0 Å². The lowest BCUT2D eigenvalue weighted by Crippen LogP contribution is -2.73. The molecule has 1 N–H and O–H groups in total. The number of likely N-dealkylation sites (tertiary alicyclic amines) is 1. The van der Waals surface area contributed by atoms with Gasteiger partial charge in [0.25, 0.3) is 5.91 Å². The summed E-state index contributed by atoms with van der Waals surface area (Å²) >= 11 is 0.